The van der Waals surface area contributed by atoms with Gasteiger partial charge in [-0.3, -0.25) is 0 Å². The Hall–Kier alpha value is -1.35. The summed E-state index contributed by atoms with van der Waals surface area (Å²) in [6.45, 7) is 62.1. The van der Waals surface area contributed by atoms with Crippen molar-refractivity contribution in [2.24, 2.45) is 0 Å². The summed E-state index contributed by atoms with van der Waals surface area (Å²) in [7, 11) is 5.19. The molecule has 0 aliphatic heterocycles. The van der Waals surface area contributed by atoms with E-state index in [1.165, 1.54) is 66.1 Å². The van der Waals surface area contributed by atoms with Gasteiger partial charge in [-0.15, -0.1) is 69.1 Å². The molecule has 0 bridgehead atoms. The summed E-state index contributed by atoms with van der Waals surface area (Å²) < 4.78 is 0. The first-order valence-corrected chi connectivity index (χ1v) is 47.3. The van der Waals surface area contributed by atoms with Crippen molar-refractivity contribution in [2.75, 3.05) is 0 Å². The summed E-state index contributed by atoms with van der Waals surface area (Å²) in [6, 6.07) is 34.4. The van der Waals surface area contributed by atoms with Crippen LogP contribution in [0, 0.1) is 0 Å². The average molecular weight is 1120 g/mol. The molecule has 6 rings (SSSR count). The average Bonchev–Trinajstić information content (AvgIpc) is 3.82. The van der Waals surface area contributed by atoms with Gasteiger partial charge in [0.25, 0.3) is 0 Å². The van der Waals surface area contributed by atoms with E-state index < -0.39 is 53.1 Å². The van der Waals surface area contributed by atoms with Crippen molar-refractivity contribution in [1.29, 1.82) is 0 Å². The number of benzene rings is 4. The molecule has 0 unspecified atom stereocenters. The first kappa shape index (κ1) is 60.9. The Balaban J connectivity index is 0.000000323. The summed E-state index contributed by atoms with van der Waals surface area (Å²) in [5.41, 5.74) is 12.1. The van der Waals surface area contributed by atoms with Gasteiger partial charge in [-0.1, -0.05) is 254 Å². The molecule has 0 aliphatic rings. The van der Waals surface area contributed by atoms with Gasteiger partial charge in [0.2, 0.25) is 0 Å². The van der Waals surface area contributed by atoms with Gasteiger partial charge in [-0.05, 0) is 32.8 Å². The number of rotatable bonds is 6. The Morgan fingerprint density at radius 1 is 0.397 bits per heavy atom. The fraction of sp³-hybridized carbons (Fsp3) is 0.500. The van der Waals surface area contributed by atoms with Gasteiger partial charge in [0.05, 0.1) is 32.3 Å². The second-order valence-electron chi connectivity index (χ2n) is 27.6. The topological polar surface area (TPSA) is 0 Å². The van der Waals surface area contributed by atoms with Crippen molar-refractivity contribution in [2.45, 2.75) is 196 Å². The van der Waals surface area contributed by atoms with E-state index >= 15 is 0 Å². The standard InChI is InChI=1S/2C29H43Si2.C2H6Si.2ClH.Zr/c2*1-28(2,3)22-15-20-13-14-26(29(4,5)6)27(25(20)18-22)21-16-23(30(7,8)9)19-24(17-21)31(10,11)12;1-3-2;;;/h2*13-19H,1-12H3;1-2H3;2*1H;/q2*-1;;;;+4/p-2. The zero-order valence-electron chi connectivity index (χ0n) is 47.8. The van der Waals surface area contributed by atoms with E-state index in [1.807, 2.05) is 0 Å². The Bertz CT molecular complexity index is 2380. The maximum atomic E-state index is 4.93. The summed E-state index contributed by atoms with van der Waals surface area (Å²) in [4.78, 5) is 0. The Morgan fingerprint density at radius 3 is 0.824 bits per heavy atom. The van der Waals surface area contributed by atoms with Gasteiger partial charge in [-0.25, -0.2) is 0 Å². The molecule has 0 aliphatic carbocycles. The molecule has 0 aromatic heterocycles. The summed E-state index contributed by atoms with van der Waals surface area (Å²) in [5, 5.41) is 11.9. The molecule has 68 heavy (non-hydrogen) atoms. The van der Waals surface area contributed by atoms with Crippen LogP contribution in [0.5, 0.6) is 0 Å². The molecular formula is C60H92Cl2Si5Zr. The number of hydrogen-bond acceptors (Lipinski definition) is 0. The molecule has 0 amide bonds. The van der Waals surface area contributed by atoms with Crippen LogP contribution in [-0.4, -0.2) is 41.8 Å². The van der Waals surface area contributed by atoms with Crippen LogP contribution in [0.1, 0.15) is 105 Å². The van der Waals surface area contributed by atoms with Crippen LogP contribution in [0.2, 0.25) is 91.7 Å². The predicted octanol–water partition coefficient (Wildman–Crippen LogP) is 18.0. The fourth-order valence-corrected chi connectivity index (χ4v) is 13.6. The third kappa shape index (κ3) is 15.8. The van der Waals surface area contributed by atoms with Crippen molar-refractivity contribution in [3.8, 4) is 22.3 Å². The van der Waals surface area contributed by atoms with E-state index in [9.17, 15) is 0 Å². The summed E-state index contributed by atoms with van der Waals surface area (Å²) in [6.07, 6.45) is 0. The van der Waals surface area contributed by atoms with Crippen molar-refractivity contribution in [1.82, 2.24) is 0 Å². The molecule has 0 saturated carbocycles. The molecule has 2 radical (unpaired) electrons. The van der Waals surface area contributed by atoms with Crippen LogP contribution in [0.25, 0.3) is 43.8 Å². The third-order valence-electron chi connectivity index (χ3n) is 13.0. The van der Waals surface area contributed by atoms with E-state index in [-0.39, 0.29) is 21.7 Å². The molecular weight excluding hydrogens is 1020 g/mol. The van der Waals surface area contributed by atoms with Crippen LogP contribution >= 0.6 is 17.0 Å². The Labute approximate surface area is 443 Å². The van der Waals surface area contributed by atoms with Crippen molar-refractivity contribution in [3.05, 3.63) is 107 Å². The van der Waals surface area contributed by atoms with Crippen molar-refractivity contribution < 1.29 is 20.8 Å². The zero-order chi connectivity index (χ0) is 52.6. The van der Waals surface area contributed by atoms with E-state index in [1.54, 1.807) is 20.7 Å². The molecule has 0 nitrogen and oxygen atoms in total. The quantitative estimate of drug-likeness (QED) is 0.115. The minimum absolute atomic E-state index is 0.0944. The van der Waals surface area contributed by atoms with Crippen LogP contribution < -0.4 is 20.7 Å². The first-order valence-electron chi connectivity index (χ1n) is 25.0. The van der Waals surface area contributed by atoms with Gasteiger partial charge >= 0.3 is 37.9 Å². The van der Waals surface area contributed by atoms with Crippen molar-refractivity contribution >= 4 is 101 Å². The van der Waals surface area contributed by atoms with Crippen LogP contribution in [0.3, 0.4) is 0 Å². The fourth-order valence-electron chi connectivity index (χ4n) is 8.58. The van der Waals surface area contributed by atoms with Gasteiger partial charge in [0.15, 0.2) is 0 Å². The van der Waals surface area contributed by atoms with Gasteiger partial charge in [0.1, 0.15) is 0 Å². The molecule has 0 saturated heterocycles. The normalized spacial score (nSPS) is 13.0. The number of hydrogen-bond donors (Lipinski definition) is 0. The van der Waals surface area contributed by atoms with E-state index in [2.05, 4.69) is 260 Å². The van der Waals surface area contributed by atoms with Crippen LogP contribution in [0.4, 0.5) is 0 Å². The summed E-state index contributed by atoms with van der Waals surface area (Å²) >= 11 is -0.826. The third-order valence-corrected chi connectivity index (χ3v) is 21.1. The predicted molar refractivity (Wildman–Crippen MR) is 326 cm³/mol. The maximum absolute atomic E-state index is 4.93. The molecule has 370 valence electrons. The zero-order valence-corrected chi connectivity index (χ0v) is 56.8. The molecule has 0 N–H and O–H groups in total. The van der Waals surface area contributed by atoms with Gasteiger partial charge in [-0.2, -0.15) is 12.1 Å². The van der Waals surface area contributed by atoms with Crippen LogP contribution in [0.15, 0.2) is 84.9 Å². The molecule has 0 fully saturated rings. The number of fused-ring (bicyclic) bond motifs is 2. The van der Waals surface area contributed by atoms with E-state index in [0.29, 0.717) is 0 Å². The monoisotopic (exact) mass is 1110 g/mol. The van der Waals surface area contributed by atoms with Crippen LogP contribution in [-0.2, 0) is 42.5 Å². The molecule has 0 heterocycles. The number of halogens is 2. The second-order valence-corrected chi connectivity index (χ2v) is 52.7. The van der Waals surface area contributed by atoms with E-state index in [0.717, 1.165) is 9.52 Å². The Morgan fingerprint density at radius 2 is 0.632 bits per heavy atom. The minimum atomic E-state index is -1.44. The Kier molecular flexibility index (Phi) is 20.1. The van der Waals surface area contributed by atoms with E-state index in [4.69, 9.17) is 17.0 Å². The second kappa shape index (κ2) is 22.4. The summed E-state index contributed by atoms with van der Waals surface area (Å²) in [5.74, 6) is 0. The van der Waals surface area contributed by atoms with Crippen molar-refractivity contribution in [3.63, 3.8) is 0 Å². The molecule has 6 aromatic rings. The molecule has 0 spiro atoms. The molecule has 0 atom stereocenters. The molecule has 6 aromatic carbocycles. The first-order chi connectivity index (χ1) is 30.6. The van der Waals surface area contributed by atoms with Gasteiger partial charge in [0, 0.05) is 9.52 Å². The SMILES string of the molecule is CC(C)(C)c1cc2c(-c3cc([Si](C)(C)C)cc([Si](C)(C)C)c3)c(C(C)(C)C)ccc2[cH-]1.CC(C)(C)c1cc2c(-c3cc([Si](C)(C)C)cc([Si](C)(C)C)c3)c(C(C)(C)C)ccc2[cH-]1.C[Si]C.[Cl][Zr+2][Cl]. The molecule has 8 heteroatoms. The van der Waals surface area contributed by atoms with Gasteiger partial charge < -0.3 is 0 Å².